The van der Waals surface area contributed by atoms with E-state index in [0.29, 0.717) is 25.6 Å². The van der Waals surface area contributed by atoms with Crippen LogP contribution in [0.2, 0.25) is 0 Å². The number of rotatable bonds is 10. The van der Waals surface area contributed by atoms with Gasteiger partial charge in [0, 0.05) is 13.1 Å². The molecule has 3 N–H and O–H groups in total. The van der Waals surface area contributed by atoms with Crippen LogP contribution in [0.3, 0.4) is 0 Å². The Balaban J connectivity index is 2.14. The summed E-state index contributed by atoms with van der Waals surface area (Å²) in [6, 6.07) is 9.50. The van der Waals surface area contributed by atoms with Crippen molar-refractivity contribution in [1.29, 1.82) is 0 Å². The van der Waals surface area contributed by atoms with E-state index in [2.05, 4.69) is 19.2 Å². The van der Waals surface area contributed by atoms with Gasteiger partial charge in [-0.3, -0.25) is 0 Å². The topological polar surface area (TPSA) is 61.7 Å². The van der Waals surface area contributed by atoms with Crippen LogP contribution < -0.4 is 5.32 Å². The van der Waals surface area contributed by atoms with E-state index < -0.39 is 12.2 Å². The molecule has 3 atom stereocenters. The highest BCUT2D eigenvalue weighted by atomic mass is 16.5. The van der Waals surface area contributed by atoms with Gasteiger partial charge in [0.15, 0.2) is 0 Å². The second-order valence-electron chi connectivity index (χ2n) is 6.01. The van der Waals surface area contributed by atoms with Gasteiger partial charge in [-0.2, -0.15) is 0 Å². The Labute approximate surface area is 128 Å². The fraction of sp³-hybridized carbons (Fsp3) is 0.647. The number of nitrogens with one attached hydrogen (secondary N) is 1. The van der Waals surface area contributed by atoms with E-state index in [4.69, 9.17) is 4.74 Å². The highest BCUT2D eigenvalue weighted by Crippen LogP contribution is 2.10. The average molecular weight is 295 g/mol. The van der Waals surface area contributed by atoms with E-state index in [9.17, 15) is 10.2 Å². The van der Waals surface area contributed by atoms with Crippen LogP contribution in [-0.2, 0) is 4.74 Å². The van der Waals surface area contributed by atoms with Gasteiger partial charge in [-0.25, -0.2) is 0 Å². The molecule has 0 amide bonds. The van der Waals surface area contributed by atoms with Gasteiger partial charge in [0.25, 0.3) is 0 Å². The van der Waals surface area contributed by atoms with Crippen LogP contribution in [0.15, 0.2) is 30.3 Å². The Kier molecular flexibility index (Phi) is 8.54. The Morgan fingerprint density at radius 1 is 1.05 bits per heavy atom. The summed E-state index contributed by atoms with van der Waals surface area (Å²) < 4.78 is 5.60. The largest absolute Gasteiger partial charge is 0.389 e. The van der Waals surface area contributed by atoms with E-state index in [1.54, 1.807) is 0 Å². The number of benzene rings is 1. The van der Waals surface area contributed by atoms with E-state index in [1.807, 2.05) is 37.3 Å². The van der Waals surface area contributed by atoms with E-state index in [-0.39, 0.29) is 6.10 Å². The third kappa shape index (κ3) is 8.17. The normalized spacial score (nSPS) is 15.9. The molecule has 0 saturated heterocycles. The van der Waals surface area contributed by atoms with Gasteiger partial charge < -0.3 is 20.3 Å². The molecule has 0 aliphatic rings. The number of hydrogen-bond acceptors (Lipinski definition) is 4. The second-order valence-corrected chi connectivity index (χ2v) is 6.01. The summed E-state index contributed by atoms with van der Waals surface area (Å²) in [6.45, 7) is 7.49. The minimum atomic E-state index is -0.556. The van der Waals surface area contributed by atoms with Crippen molar-refractivity contribution in [2.24, 2.45) is 5.92 Å². The standard InChI is InChI=1S/C17H29NO3/c1-13(2)9-14(3)21-12-16(19)10-18-11-17(20)15-7-5-4-6-8-15/h4-8,13-14,16-20H,9-12H2,1-3H3. The molecular weight excluding hydrogens is 266 g/mol. The fourth-order valence-electron chi connectivity index (χ4n) is 2.25. The molecule has 0 aliphatic carbocycles. The lowest BCUT2D eigenvalue weighted by molar-refractivity contribution is -0.00925. The maximum Gasteiger partial charge on any atom is 0.0914 e. The summed E-state index contributed by atoms with van der Waals surface area (Å²) >= 11 is 0. The molecule has 0 aliphatic heterocycles. The van der Waals surface area contributed by atoms with Crippen LogP contribution in [0.1, 0.15) is 38.9 Å². The first-order chi connectivity index (χ1) is 9.99. The van der Waals surface area contributed by atoms with Crippen LogP contribution in [0.25, 0.3) is 0 Å². The molecular formula is C17H29NO3. The summed E-state index contributed by atoms with van der Waals surface area (Å²) in [5.41, 5.74) is 0.876. The minimum Gasteiger partial charge on any atom is -0.389 e. The van der Waals surface area contributed by atoms with Gasteiger partial charge in [0.05, 0.1) is 24.9 Å². The molecule has 1 aromatic carbocycles. The number of ether oxygens (including phenoxy) is 1. The van der Waals surface area contributed by atoms with Crippen molar-refractivity contribution in [1.82, 2.24) is 5.32 Å². The van der Waals surface area contributed by atoms with Crippen molar-refractivity contribution >= 4 is 0 Å². The molecule has 0 fully saturated rings. The number of hydrogen-bond donors (Lipinski definition) is 3. The quantitative estimate of drug-likeness (QED) is 0.619. The molecule has 3 unspecified atom stereocenters. The fourth-order valence-corrected chi connectivity index (χ4v) is 2.25. The highest BCUT2D eigenvalue weighted by Gasteiger charge is 2.11. The third-order valence-electron chi connectivity index (χ3n) is 3.28. The predicted molar refractivity (Wildman–Crippen MR) is 85.1 cm³/mol. The molecule has 1 rings (SSSR count). The summed E-state index contributed by atoms with van der Waals surface area (Å²) in [4.78, 5) is 0. The Hall–Kier alpha value is -0.940. The van der Waals surface area contributed by atoms with Crippen molar-refractivity contribution in [3.05, 3.63) is 35.9 Å². The zero-order valence-corrected chi connectivity index (χ0v) is 13.3. The molecule has 0 aromatic heterocycles. The summed E-state index contributed by atoms with van der Waals surface area (Å²) in [5.74, 6) is 0.594. The molecule has 21 heavy (non-hydrogen) atoms. The van der Waals surface area contributed by atoms with E-state index in [0.717, 1.165) is 12.0 Å². The monoisotopic (exact) mass is 295 g/mol. The van der Waals surface area contributed by atoms with Crippen LogP contribution >= 0.6 is 0 Å². The molecule has 120 valence electrons. The first kappa shape index (κ1) is 18.1. The van der Waals surface area contributed by atoms with E-state index >= 15 is 0 Å². The Morgan fingerprint density at radius 2 is 1.71 bits per heavy atom. The van der Waals surface area contributed by atoms with Gasteiger partial charge in [0.2, 0.25) is 0 Å². The lowest BCUT2D eigenvalue weighted by Crippen LogP contribution is -2.34. The highest BCUT2D eigenvalue weighted by molar-refractivity contribution is 5.17. The smallest absolute Gasteiger partial charge is 0.0914 e. The summed E-state index contributed by atoms with van der Waals surface area (Å²) in [5, 5.41) is 22.9. The van der Waals surface area contributed by atoms with E-state index in [1.165, 1.54) is 0 Å². The number of aliphatic hydroxyl groups excluding tert-OH is 2. The first-order valence-electron chi connectivity index (χ1n) is 7.72. The minimum absolute atomic E-state index is 0.162. The molecule has 1 aromatic rings. The zero-order chi connectivity index (χ0) is 15.7. The Morgan fingerprint density at radius 3 is 2.33 bits per heavy atom. The van der Waals surface area contributed by atoms with Gasteiger partial charge in [-0.05, 0) is 24.8 Å². The van der Waals surface area contributed by atoms with Crippen molar-refractivity contribution in [3.8, 4) is 0 Å². The molecule has 4 heteroatoms. The zero-order valence-electron chi connectivity index (χ0n) is 13.3. The van der Waals surface area contributed by atoms with Crippen molar-refractivity contribution < 1.29 is 14.9 Å². The first-order valence-corrected chi connectivity index (χ1v) is 7.72. The van der Waals surface area contributed by atoms with Crippen LogP contribution in [0.5, 0.6) is 0 Å². The molecule has 0 saturated carbocycles. The molecule has 0 radical (unpaired) electrons. The molecule has 4 nitrogen and oxygen atoms in total. The number of aliphatic hydroxyl groups is 2. The maximum absolute atomic E-state index is 9.98. The molecule has 0 heterocycles. The van der Waals surface area contributed by atoms with Crippen LogP contribution in [0.4, 0.5) is 0 Å². The van der Waals surface area contributed by atoms with Gasteiger partial charge in [0.1, 0.15) is 0 Å². The maximum atomic E-state index is 9.98. The van der Waals surface area contributed by atoms with Crippen LogP contribution in [-0.4, -0.2) is 42.1 Å². The lowest BCUT2D eigenvalue weighted by Gasteiger charge is -2.19. The molecule has 0 spiro atoms. The van der Waals surface area contributed by atoms with Gasteiger partial charge in [-0.15, -0.1) is 0 Å². The van der Waals surface area contributed by atoms with Crippen molar-refractivity contribution in [2.75, 3.05) is 19.7 Å². The van der Waals surface area contributed by atoms with Crippen LogP contribution in [0, 0.1) is 5.92 Å². The summed E-state index contributed by atoms with van der Waals surface area (Å²) in [6.07, 6.45) is 0.0451. The van der Waals surface area contributed by atoms with Crippen molar-refractivity contribution in [3.63, 3.8) is 0 Å². The molecule has 0 bridgehead atoms. The predicted octanol–water partition coefficient (Wildman–Crippen LogP) is 2.12. The third-order valence-corrected chi connectivity index (χ3v) is 3.28. The van der Waals surface area contributed by atoms with Crippen molar-refractivity contribution in [2.45, 2.75) is 45.5 Å². The van der Waals surface area contributed by atoms with Gasteiger partial charge in [-0.1, -0.05) is 44.2 Å². The average Bonchev–Trinajstić information content (AvgIpc) is 2.45. The van der Waals surface area contributed by atoms with Gasteiger partial charge >= 0.3 is 0 Å². The SMILES string of the molecule is CC(C)CC(C)OCC(O)CNCC(O)c1ccccc1. The summed E-state index contributed by atoms with van der Waals surface area (Å²) in [7, 11) is 0. The lowest BCUT2D eigenvalue weighted by atomic mass is 10.1. The second kappa shape index (κ2) is 9.90. The Bertz CT molecular complexity index is 370.